The molecule has 0 saturated heterocycles. The van der Waals surface area contributed by atoms with E-state index in [-0.39, 0.29) is 18.3 Å². The van der Waals surface area contributed by atoms with Crippen molar-refractivity contribution in [2.24, 2.45) is 5.92 Å². The largest absolute Gasteiger partial charge is 0.380 e. The summed E-state index contributed by atoms with van der Waals surface area (Å²) in [5.74, 6) is -0.101. The van der Waals surface area contributed by atoms with E-state index in [1.165, 1.54) is 17.4 Å². The Balaban J connectivity index is 2.44. The molecule has 0 aliphatic heterocycles. The summed E-state index contributed by atoms with van der Waals surface area (Å²) in [4.78, 5) is 12.8. The zero-order chi connectivity index (χ0) is 14.7. The average molecular weight is 295 g/mol. The van der Waals surface area contributed by atoms with Crippen molar-refractivity contribution in [1.29, 1.82) is 0 Å². The summed E-state index contributed by atoms with van der Waals surface area (Å²) in [6, 6.07) is 4.88. The van der Waals surface area contributed by atoms with E-state index < -0.39 is 0 Å². The number of ether oxygens (including phenoxy) is 1. The smallest absolute Gasteiger partial charge is 0.261 e. The van der Waals surface area contributed by atoms with Crippen molar-refractivity contribution in [3.05, 3.63) is 34.5 Å². The Kier molecular flexibility index (Phi) is 4.73. The van der Waals surface area contributed by atoms with Gasteiger partial charge in [-0.15, -0.1) is 11.3 Å². The Bertz CT molecular complexity index is 622. The highest BCUT2D eigenvalue weighted by Gasteiger charge is 2.20. The van der Waals surface area contributed by atoms with Crippen molar-refractivity contribution in [3.63, 3.8) is 0 Å². The first kappa shape index (κ1) is 14.9. The lowest BCUT2D eigenvalue weighted by Crippen LogP contribution is -2.27. The Hall–Kier alpha value is -1.46. The van der Waals surface area contributed by atoms with Crippen molar-refractivity contribution >= 4 is 27.3 Å². The van der Waals surface area contributed by atoms with Crippen LogP contribution in [0.3, 0.4) is 0 Å². The minimum absolute atomic E-state index is 0.161. The number of rotatable bonds is 5. The molecule has 0 bridgehead atoms. The first-order valence-electron chi connectivity index (χ1n) is 6.51. The summed E-state index contributed by atoms with van der Waals surface area (Å²) in [6.07, 6.45) is 0. The molecule has 20 heavy (non-hydrogen) atoms. The van der Waals surface area contributed by atoms with Crippen molar-refractivity contribution < 1.29 is 13.9 Å². The standard InChI is InChI=1S/C15H18FNO2S/c1-9(2)7-17-15(18)14-10(8-19-3)13-11(16)5-4-6-12(13)20-14/h4-6,9H,7-8H2,1-3H3,(H,17,18). The number of amides is 1. The number of halogens is 1. The fraction of sp³-hybridized carbons (Fsp3) is 0.400. The number of hydrogen-bond donors (Lipinski definition) is 1. The molecular weight excluding hydrogens is 277 g/mol. The SMILES string of the molecule is COCc1c(C(=O)NCC(C)C)sc2cccc(F)c12. The Morgan fingerprint density at radius 3 is 2.85 bits per heavy atom. The summed E-state index contributed by atoms with van der Waals surface area (Å²) in [5, 5.41) is 3.37. The van der Waals surface area contributed by atoms with Gasteiger partial charge in [0, 0.05) is 29.3 Å². The van der Waals surface area contributed by atoms with E-state index in [9.17, 15) is 9.18 Å². The van der Waals surface area contributed by atoms with Gasteiger partial charge in [-0.1, -0.05) is 19.9 Å². The summed E-state index contributed by atoms with van der Waals surface area (Å²) >= 11 is 1.31. The number of methoxy groups -OCH3 is 1. The third kappa shape index (κ3) is 2.99. The van der Waals surface area contributed by atoms with Crippen LogP contribution in [0.2, 0.25) is 0 Å². The van der Waals surface area contributed by atoms with Crippen molar-refractivity contribution in [3.8, 4) is 0 Å². The molecule has 0 aliphatic carbocycles. The normalized spacial score (nSPS) is 11.2. The molecule has 1 aromatic heterocycles. The van der Waals surface area contributed by atoms with E-state index in [0.29, 0.717) is 28.3 Å². The summed E-state index contributed by atoms with van der Waals surface area (Å²) in [6.45, 7) is 4.88. The molecule has 0 saturated carbocycles. The Labute approximate surface area is 121 Å². The van der Waals surface area contributed by atoms with E-state index in [0.717, 1.165) is 4.70 Å². The topological polar surface area (TPSA) is 38.3 Å². The van der Waals surface area contributed by atoms with Crippen molar-refractivity contribution in [2.75, 3.05) is 13.7 Å². The number of carbonyl (C=O) groups excluding carboxylic acids is 1. The average Bonchev–Trinajstić information content (AvgIpc) is 2.77. The first-order chi connectivity index (χ1) is 9.54. The van der Waals surface area contributed by atoms with E-state index in [1.807, 2.05) is 19.9 Å². The molecule has 0 atom stereocenters. The predicted molar refractivity (Wildman–Crippen MR) is 79.7 cm³/mol. The van der Waals surface area contributed by atoms with Gasteiger partial charge in [-0.25, -0.2) is 4.39 Å². The van der Waals surface area contributed by atoms with Crippen LogP contribution in [0, 0.1) is 11.7 Å². The van der Waals surface area contributed by atoms with Gasteiger partial charge >= 0.3 is 0 Å². The van der Waals surface area contributed by atoms with Crippen LogP contribution in [-0.2, 0) is 11.3 Å². The molecule has 5 heteroatoms. The lowest BCUT2D eigenvalue weighted by atomic mass is 10.1. The third-order valence-electron chi connectivity index (χ3n) is 2.93. The first-order valence-corrected chi connectivity index (χ1v) is 7.33. The van der Waals surface area contributed by atoms with E-state index >= 15 is 0 Å². The van der Waals surface area contributed by atoms with E-state index in [2.05, 4.69) is 5.32 Å². The molecule has 0 aliphatic rings. The lowest BCUT2D eigenvalue weighted by Gasteiger charge is -2.08. The van der Waals surface area contributed by atoms with Gasteiger partial charge in [0.1, 0.15) is 5.82 Å². The third-order valence-corrected chi connectivity index (χ3v) is 4.13. The minimum atomic E-state index is -0.311. The Morgan fingerprint density at radius 1 is 1.45 bits per heavy atom. The maximum atomic E-state index is 14.0. The summed E-state index contributed by atoms with van der Waals surface area (Å²) in [5.41, 5.74) is 0.631. The van der Waals surface area contributed by atoms with E-state index in [4.69, 9.17) is 4.74 Å². The molecule has 0 spiro atoms. The maximum Gasteiger partial charge on any atom is 0.261 e. The molecule has 2 rings (SSSR count). The number of fused-ring (bicyclic) bond motifs is 1. The molecule has 3 nitrogen and oxygen atoms in total. The monoisotopic (exact) mass is 295 g/mol. The maximum absolute atomic E-state index is 14.0. The molecule has 2 aromatic rings. The predicted octanol–water partition coefficient (Wildman–Crippen LogP) is 3.57. The highest BCUT2D eigenvalue weighted by atomic mass is 32.1. The quantitative estimate of drug-likeness (QED) is 0.915. The molecule has 1 N–H and O–H groups in total. The van der Waals surface area contributed by atoms with Crippen molar-refractivity contribution in [2.45, 2.75) is 20.5 Å². The van der Waals surface area contributed by atoms with Gasteiger partial charge in [0.05, 0.1) is 11.5 Å². The highest BCUT2D eigenvalue weighted by molar-refractivity contribution is 7.21. The van der Waals surface area contributed by atoms with Crippen LogP contribution in [0.25, 0.3) is 10.1 Å². The van der Waals surface area contributed by atoms with Gasteiger partial charge in [0.15, 0.2) is 0 Å². The van der Waals surface area contributed by atoms with E-state index in [1.54, 1.807) is 13.2 Å². The van der Waals surface area contributed by atoms with Crippen LogP contribution in [0.4, 0.5) is 4.39 Å². The molecule has 1 heterocycles. The van der Waals surface area contributed by atoms with Gasteiger partial charge in [-0.05, 0) is 18.1 Å². The van der Waals surface area contributed by atoms with Gasteiger partial charge in [-0.3, -0.25) is 4.79 Å². The van der Waals surface area contributed by atoms with Crippen LogP contribution in [0.1, 0.15) is 29.1 Å². The molecule has 0 radical (unpaired) electrons. The lowest BCUT2D eigenvalue weighted by molar-refractivity contribution is 0.0949. The molecule has 0 fully saturated rings. The van der Waals surface area contributed by atoms with Crippen LogP contribution < -0.4 is 5.32 Å². The van der Waals surface area contributed by atoms with Crippen molar-refractivity contribution in [1.82, 2.24) is 5.32 Å². The Morgan fingerprint density at radius 2 is 2.20 bits per heavy atom. The van der Waals surface area contributed by atoms with Crippen LogP contribution in [0.5, 0.6) is 0 Å². The second-order valence-corrected chi connectivity index (χ2v) is 6.11. The fourth-order valence-electron chi connectivity index (χ4n) is 2.01. The molecule has 108 valence electrons. The number of nitrogens with one attached hydrogen (secondary N) is 1. The second-order valence-electron chi connectivity index (χ2n) is 5.06. The molecule has 1 amide bonds. The zero-order valence-electron chi connectivity index (χ0n) is 11.8. The van der Waals surface area contributed by atoms with Crippen LogP contribution >= 0.6 is 11.3 Å². The highest BCUT2D eigenvalue weighted by Crippen LogP contribution is 2.33. The van der Waals surface area contributed by atoms with Crippen LogP contribution in [-0.4, -0.2) is 19.6 Å². The number of hydrogen-bond acceptors (Lipinski definition) is 3. The number of benzene rings is 1. The summed E-state index contributed by atoms with van der Waals surface area (Å²) < 4.78 is 19.9. The van der Waals surface area contributed by atoms with Gasteiger partial charge in [0.2, 0.25) is 0 Å². The fourth-order valence-corrected chi connectivity index (χ4v) is 3.15. The van der Waals surface area contributed by atoms with Crippen LogP contribution in [0.15, 0.2) is 18.2 Å². The summed E-state index contributed by atoms with van der Waals surface area (Å²) in [7, 11) is 1.54. The molecule has 0 unspecified atom stereocenters. The van der Waals surface area contributed by atoms with Gasteiger partial charge < -0.3 is 10.1 Å². The zero-order valence-corrected chi connectivity index (χ0v) is 12.6. The molecule has 1 aromatic carbocycles. The number of carbonyl (C=O) groups is 1. The molecular formula is C15H18FNO2S. The second kappa shape index (κ2) is 6.33. The number of thiophene rings is 1. The van der Waals surface area contributed by atoms with Gasteiger partial charge in [0.25, 0.3) is 5.91 Å². The van der Waals surface area contributed by atoms with Gasteiger partial charge in [-0.2, -0.15) is 0 Å². The minimum Gasteiger partial charge on any atom is -0.380 e.